The van der Waals surface area contributed by atoms with Crippen molar-refractivity contribution in [3.8, 4) is 6.07 Å². The zero-order valence-corrected chi connectivity index (χ0v) is 17.1. The molecule has 0 N–H and O–H groups in total. The first kappa shape index (κ1) is 20.1. The zero-order valence-electron chi connectivity index (χ0n) is 17.1. The molecule has 2 aromatic carbocycles. The Hall–Kier alpha value is -3.83. The van der Waals surface area contributed by atoms with Gasteiger partial charge in [0.1, 0.15) is 11.6 Å². The molecule has 3 heterocycles. The minimum absolute atomic E-state index is 0.0387. The Kier molecular flexibility index (Phi) is 5.04. The molecule has 0 atom stereocenters. The first-order chi connectivity index (χ1) is 15.5. The topological polar surface area (TPSA) is 66.3 Å². The number of imidazole rings is 1. The molecule has 0 unspecified atom stereocenters. The van der Waals surface area contributed by atoms with E-state index in [2.05, 4.69) is 16.0 Å². The van der Waals surface area contributed by atoms with Crippen LogP contribution in [0.3, 0.4) is 0 Å². The van der Waals surface area contributed by atoms with Gasteiger partial charge in [-0.05, 0) is 23.8 Å². The molecule has 8 heteroatoms. The molecule has 1 aliphatic rings. The van der Waals surface area contributed by atoms with Crippen molar-refractivity contribution in [2.75, 3.05) is 6.54 Å². The molecular formula is C24H19F2N5O. The molecule has 160 valence electrons. The van der Waals surface area contributed by atoms with Crippen LogP contribution in [0.15, 0.2) is 59.7 Å². The van der Waals surface area contributed by atoms with Gasteiger partial charge in [0.05, 0.1) is 23.7 Å². The van der Waals surface area contributed by atoms with Gasteiger partial charge in [0.2, 0.25) is 5.78 Å². The van der Waals surface area contributed by atoms with E-state index in [1.165, 1.54) is 16.7 Å². The summed E-state index contributed by atoms with van der Waals surface area (Å²) in [5.41, 5.74) is 3.15. The predicted molar refractivity (Wildman–Crippen MR) is 114 cm³/mol. The first-order valence-corrected chi connectivity index (χ1v) is 10.3. The fraction of sp³-hybridized carbons (Fsp3) is 0.208. The molecule has 0 radical (unpaired) electrons. The van der Waals surface area contributed by atoms with Crippen LogP contribution in [-0.4, -0.2) is 25.4 Å². The number of nitriles is 1. The lowest BCUT2D eigenvalue weighted by atomic mass is 10.0. The third kappa shape index (κ3) is 3.57. The van der Waals surface area contributed by atoms with E-state index >= 15 is 0 Å². The lowest BCUT2D eigenvalue weighted by Gasteiger charge is -2.29. The average Bonchev–Trinajstić information content (AvgIpc) is 3.28. The highest BCUT2D eigenvalue weighted by atomic mass is 19.1. The van der Waals surface area contributed by atoms with E-state index in [4.69, 9.17) is 5.26 Å². The Balaban J connectivity index is 1.52. The van der Waals surface area contributed by atoms with E-state index < -0.39 is 11.6 Å². The molecule has 2 aromatic heterocycles. The largest absolute Gasteiger partial charge is 0.294 e. The number of hydrogen-bond acceptors (Lipinski definition) is 4. The van der Waals surface area contributed by atoms with Crippen LogP contribution in [0.4, 0.5) is 8.78 Å². The predicted octanol–water partition coefficient (Wildman–Crippen LogP) is 3.25. The quantitative estimate of drug-likeness (QED) is 0.498. The van der Waals surface area contributed by atoms with E-state index in [0.717, 1.165) is 23.9 Å². The Morgan fingerprint density at radius 2 is 2.00 bits per heavy atom. The van der Waals surface area contributed by atoms with E-state index in [9.17, 15) is 13.6 Å². The van der Waals surface area contributed by atoms with E-state index in [1.54, 1.807) is 18.5 Å². The number of fused-ring (bicyclic) bond motifs is 3. The van der Waals surface area contributed by atoms with Gasteiger partial charge in [0.25, 0.3) is 5.56 Å². The fourth-order valence-electron chi connectivity index (χ4n) is 4.32. The van der Waals surface area contributed by atoms with Gasteiger partial charge < -0.3 is 0 Å². The molecule has 0 saturated heterocycles. The van der Waals surface area contributed by atoms with Crippen molar-refractivity contribution in [2.45, 2.75) is 26.1 Å². The second-order valence-corrected chi connectivity index (χ2v) is 7.92. The summed E-state index contributed by atoms with van der Waals surface area (Å²) < 4.78 is 30.9. The van der Waals surface area contributed by atoms with Crippen molar-refractivity contribution in [1.29, 1.82) is 5.26 Å². The van der Waals surface area contributed by atoms with Gasteiger partial charge in [0.15, 0.2) is 0 Å². The maximum absolute atomic E-state index is 14.3. The highest BCUT2D eigenvalue weighted by Gasteiger charge is 2.25. The van der Waals surface area contributed by atoms with Crippen LogP contribution in [-0.2, 0) is 26.1 Å². The number of benzene rings is 2. The van der Waals surface area contributed by atoms with Crippen LogP contribution in [0.25, 0.3) is 5.78 Å². The number of rotatable bonds is 4. The number of hydrogen-bond donors (Lipinski definition) is 0. The Bertz CT molecular complexity index is 1430. The summed E-state index contributed by atoms with van der Waals surface area (Å²) in [7, 11) is 0. The number of nitrogens with zero attached hydrogens (tertiary/aromatic N) is 5. The van der Waals surface area contributed by atoms with Crippen molar-refractivity contribution >= 4 is 5.78 Å². The third-order valence-corrected chi connectivity index (χ3v) is 5.86. The second kappa shape index (κ2) is 8.02. The smallest absolute Gasteiger partial charge is 0.259 e. The van der Waals surface area contributed by atoms with Gasteiger partial charge in [0, 0.05) is 55.8 Å². The lowest BCUT2D eigenvalue weighted by Crippen LogP contribution is -2.38. The summed E-state index contributed by atoms with van der Waals surface area (Å²) in [6, 6.07) is 12.9. The molecule has 0 saturated carbocycles. The zero-order chi connectivity index (χ0) is 22.2. The standard InChI is InChI=1S/C24H19F2N5O/c25-19-5-4-18(21(26)11-19)14-31-23(32)20-15-29(13-17-3-1-2-16(10-17)12-27)8-6-22(20)30-9-7-28-24(30)31/h1-5,7,9-11H,6,8,13-15H2. The molecule has 0 amide bonds. The second-order valence-electron chi connectivity index (χ2n) is 7.92. The summed E-state index contributed by atoms with van der Waals surface area (Å²) in [5, 5.41) is 9.14. The molecule has 4 aromatic rings. The third-order valence-electron chi connectivity index (χ3n) is 5.86. The summed E-state index contributed by atoms with van der Waals surface area (Å²) in [6.45, 7) is 1.77. The van der Waals surface area contributed by atoms with Crippen LogP contribution in [0.5, 0.6) is 0 Å². The molecule has 1 aliphatic heterocycles. The Labute approximate surface area is 182 Å². The first-order valence-electron chi connectivity index (χ1n) is 10.3. The summed E-state index contributed by atoms with van der Waals surface area (Å²) in [6.07, 6.45) is 4.09. The minimum Gasteiger partial charge on any atom is -0.294 e. The minimum atomic E-state index is -0.696. The number of aromatic nitrogens is 3. The van der Waals surface area contributed by atoms with Gasteiger partial charge in [-0.2, -0.15) is 5.26 Å². The van der Waals surface area contributed by atoms with Crippen LogP contribution >= 0.6 is 0 Å². The van der Waals surface area contributed by atoms with Gasteiger partial charge in [-0.25, -0.2) is 13.8 Å². The summed E-state index contributed by atoms with van der Waals surface area (Å²) >= 11 is 0. The highest BCUT2D eigenvalue weighted by molar-refractivity contribution is 5.39. The van der Waals surface area contributed by atoms with Gasteiger partial charge in [-0.1, -0.05) is 18.2 Å². The van der Waals surface area contributed by atoms with Crippen molar-refractivity contribution < 1.29 is 8.78 Å². The molecule has 0 fully saturated rings. The maximum Gasteiger partial charge on any atom is 0.259 e. The lowest BCUT2D eigenvalue weighted by molar-refractivity contribution is 0.240. The molecule has 32 heavy (non-hydrogen) atoms. The summed E-state index contributed by atoms with van der Waals surface area (Å²) in [4.78, 5) is 19.9. The van der Waals surface area contributed by atoms with E-state index in [0.29, 0.717) is 36.4 Å². The van der Waals surface area contributed by atoms with Gasteiger partial charge >= 0.3 is 0 Å². The average molecular weight is 431 g/mol. The van der Waals surface area contributed by atoms with Crippen LogP contribution in [0.2, 0.25) is 0 Å². The van der Waals surface area contributed by atoms with Gasteiger partial charge in [-0.15, -0.1) is 0 Å². The van der Waals surface area contributed by atoms with Crippen molar-refractivity contribution in [3.05, 3.63) is 105 Å². The molecular weight excluding hydrogens is 412 g/mol. The monoisotopic (exact) mass is 431 g/mol. The Morgan fingerprint density at radius 3 is 2.81 bits per heavy atom. The Morgan fingerprint density at radius 1 is 1.12 bits per heavy atom. The van der Waals surface area contributed by atoms with Crippen molar-refractivity contribution in [2.24, 2.45) is 0 Å². The molecule has 5 rings (SSSR count). The van der Waals surface area contributed by atoms with Crippen molar-refractivity contribution in [1.82, 2.24) is 18.9 Å². The highest BCUT2D eigenvalue weighted by Crippen LogP contribution is 2.21. The fourth-order valence-corrected chi connectivity index (χ4v) is 4.32. The van der Waals surface area contributed by atoms with Crippen LogP contribution < -0.4 is 5.56 Å². The SMILES string of the molecule is N#Cc1cccc(CN2CCc3c(c(=O)n(Cc4ccc(F)cc4F)c4nccn34)C2)c1. The van der Waals surface area contributed by atoms with E-state index in [-0.39, 0.29) is 17.7 Å². The molecule has 0 bridgehead atoms. The normalized spacial score (nSPS) is 13.8. The summed E-state index contributed by atoms with van der Waals surface area (Å²) in [5.74, 6) is -0.919. The van der Waals surface area contributed by atoms with Crippen LogP contribution in [0.1, 0.15) is 27.9 Å². The number of halogens is 2. The van der Waals surface area contributed by atoms with Crippen molar-refractivity contribution in [3.63, 3.8) is 0 Å². The van der Waals surface area contributed by atoms with Gasteiger partial charge in [-0.3, -0.25) is 18.7 Å². The molecule has 0 aliphatic carbocycles. The molecule has 6 nitrogen and oxygen atoms in total. The maximum atomic E-state index is 14.3. The van der Waals surface area contributed by atoms with Crippen LogP contribution in [0, 0.1) is 23.0 Å². The van der Waals surface area contributed by atoms with E-state index in [1.807, 2.05) is 22.6 Å². The molecule has 0 spiro atoms.